The predicted molar refractivity (Wildman–Crippen MR) is 176 cm³/mol. The Kier molecular flexibility index (Phi) is 30.9. The van der Waals surface area contributed by atoms with E-state index in [-0.39, 0.29) is 18.9 Å². The van der Waals surface area contributed by atoms with Crippen molar-refractivity contribution in [1.82, 2.24) is 5.32 Å². The highest BCUT2D eigenvalue weighted by atomic mass is 16.3. The van der Waals surface area contributed by atoms with Crippen molar-refractivity contribution in [1.29, 1.82) is 0 Å². The van der Waals surface area contributed by atoms with Crippen LogP contribution in [-0.4, -0.2) is 46.1 Å². The van der Waals surface area contributed by atoms with Crippen LogP contribution in [-0.2, 0) is 4.79 Å². The van der Waals surface area contributed by atoms with Gasteiger partial charge < -0.3 is 20.6 Å². The summed E-state index contributed by atoms with van der Waals surface area (Å²) in [5.74, 6) is -0.328. The molecule has 0 aliphatic heterocycles. The highest BCUT2D eigenvalue weighted by molar-refractivity contribution is 5.76. The first kappa shape index (κ1) is 39.8. The van der Waals surface area contributed by atoms with Crippen molar-refractivity contribution in [3.05, 3.63) is 24.3 Å². The lowest BCUT2D eigenvalue weighted by molar-refractivity contribution is -0.124. The number of unbranched alkanes of at least 4 members (excludes halogenated alkanes) is 20. The van der Waals surface area contributed by atoms with Gasteiger partial charge in [-0.05, 0) is 32.1 Å². The minimum absolute atomic E-state index is 0.00814. The number of carbonyl (C=O) groups is 1. The Labute approximate surface area is 254 Å². The lowest BCUT2D eigenvalue weighted by Gasteiger charge is -2.21. The summed E-state index contributed by atoms with van der Waals surface area (Å²) >= 11 is 0. The largest absolute Gasteiger partial charge is 0.394 e. The molecular formula is C36H69NO4. The number of nitrogens with one attached hydrogen (secondary N) is 1. The fraction of sp³-hybridized carbons (Fsp3) is 0.861. The van der Waals surface area contributed by atoms with E-state index < -0.39 is 18.2 Å². The van der Waals surface area contributed by atoms with Crippen LogP contribution >= 0.6 is 0 Å². The highest BCUT2D eigenvalue weighted by Crippen LogP contribution is 2.14. The third-order valence-corrected chi connectivity index (χ3v) is 7.99. The van der Waals surface area contributed by atoms with Gasteiger partial charge in [-0.2, -0.15) is 0 Å². The summed E-state index contributed by atoms with van der Waals surface area (Å²) in [5.41, 5.74) is 0. The monoisotopic (exact) mass is 580 g/mol. The van der Waals surface area contributed by atoms with Gasteiger partial charge in [0.2, 0.25) is 5.91 Å². The van der Waals surface area contributed by atoms with E-state index in [4.69, 9.17) is 0 Å². The number of allylic oxidation sites excluding steroid dienone is 3. The topological polar surface area (TPSA) is 89.8 Å². The van der Waals surface area contributed by atoms with Gasteiger partial charge in [0, 0.05) is 0 Å². The lowest BCUT2D eigenvalue weighted by atomic mass is 10.0. The molecule has 0 radical (unpaired) electrons. The zero-order valence-corrected chi connectivity index (χ0v) is 27.2. The van der Waals surface area contributed by atoms with Gasteiger partial charge in [-0.3, -0.25) is 4.79 Å². The Hall–Kier alpha value is -1.17. The van der Waals surface area contributed by atoms with E-state index in [0.717, 1.165) is 32.1 Å². The van der Waals surface area contributed by atoms with Crippen molar-refractivity contribution >= 4 is 5.91 Å². The van der Waals surface area contributed by atoms with Crippen LogP contribution in [0.1, 0.15) is 174 Å². The summed E-state index contributed by atoms with van der Waals surface area (Å²) in [6, 6.07) is -0.754. The van der Waals surface area contributed by atoms with E-state index in [1.807, 2.05) is 6.08 Å². The average Bonchev–Trinajstić information content (AvgIpc) is 2.96. The van der Waals surface area contributed by atoms with Crippen LogP contribution in [0, 0.1) is 0 Å². The van der Waals surface area contributed by atoms with Gasteiger partial charge in [-0.15, -0.1) is 0 Å². The normalized spacial score (nSPS) is 14.2. The van der Waals surface area contributed by atoms with Crippen LogP contribution in [0.15, 0.2) is 24.3 Å². The minimum Gasteiger partial charge on any atom is -0.394 e. The number of aliphatic hydroxyl groups is 3. The summed E-state index contributed by atoms with van der Waals surface area (Å²) in [6.07, 6.45) is 35.9. The number of rotatable bonds is 31. The molecule has 242 valence electrons. The Morgan fingerprint density at radius 3 is 1.56 bits per heavy atom. The van der Waals surface area contributed by atoms with Gasteiger partial charge in [-0.1, -0.05) is 160 Å². The van der Waals surface area contributed by atoms with E-state index in [1.54, 1.807) is 6.08 Å². The molecule has 0 aromatic carbocycles. The second-order valence-corrected chi connectivity index (χ2v) is 12.1. The Morgan fingerprint density at radius 1 is 0.610 bits per heavy atom. The van der Waals surface area contributed by atoms with E-state index >= 15 is 0 Å². The molecule has 0 saturated heterocycles. The quantitative estimate of drug-likeness (QED) is 0.0487. The molecule has 41 heavy (non-hydrogen) atoms. The molecule has 0 aromatic rings. The number of hydrogen-bond donors (Lipinski definition) is 4. The van der Waals surface area contributed by atoms with E-state index in [2.05, 4.69) is 31.3 Å². The van der Waals surface area contributed by atoms with Gasteiger partial charge in [0.25, 0.3) is 0 Å². The van der Waals surface area contributed by atoms with Crippen LogP contribution in [0.3, 0.4) is 0 Å². The van der Waals surface area contributed by atoms with Gasteiger partial charge in [0.15, 0.2) is 0 Å². The molecule has 0 spiro atoms. The maximum atomic E-state index is 12.3. The van der Waals surface area contributed by atoms with Crippen molar-refractivity contribution in [2.45, 2.75) is 193 Å². The number of amides is 1. The second-order valence-electron chi connectivity index (χ2n) is 12.1. The van der Waals surface area contributed by atoms with E-state index in [1.165, 1.54) is 116 Å². The molecule has 0 aliphatic carbocycles. The SMILES string of the molecule is CCCCCCCCCCCC/C=C/CC/C=C/C(O)C(CO)NC(=O)CC(O)CCCCCCCCCCCC. The van der Waals surface area contributed by atoms with Crippen LogP contribution in [0.25, 0.3) is 0 Å². The zero-order chi connectivity index (χ0) is 30.2. The number of carbonyl (C=O) groups excluding carboxylic acids is 1. The van der Waals surface area contributed by atoms with Crippen molar-refractivity contribution in [2.24, 2.45) is 0 Å². The smallest absolute Gasteiger partial charge is 0.222 e. The lowest BCUT2D eigenvalue weighted by Crippen LogP contribution is -2.45. The van der Waals surface area contributed by atoms with Gasteiger partial charge in [0.05, 0.1) is 31.3 Å². The van der Waals surface area contributed by atoms with Crippen molar-refractivity contribution in [3.63, 3.8) is 0 Å². The first-order valence-corrected chi connectivity index (χ1v) is 17.6. The predicted octanol–water partition coefficient (Wildman–Crippen LogP) is 9.09. The Morgan fingerprint density at radius 2 is 1.05 bits per heavy atom. The molecule has 3 unspecified atom stereocenters. The van der Waals surface area contributed by atoms with Gasteiger partial charge in [0.1, 0.15) is 0 Å². The summed E-state index contributed by atoms with van der Waals surface area (Å²) in [7, 11) is 0. The van der Waals surface area contributed by atoms with Crippen LogP contribution in [0.5, 0.6) is 0 Å². The summed E-state index contributed by atoms with van der Waals surface area (Å²) in [4.78, 5) is 12.3. The molecule has 0 aromatic heterocycles. The molecule has 0 fully saturated rings. The Balaban J connectivity index is 3.80. The fourth-order valence-corrected chi connectivity index (χ4v) is 5.24. The van der Waals surface area contributed by atoms with Gasteiger partial charge in [-0.25, -0.2) is 0 Å². The molecule has 0 aliphatic rings. The molecule has 5 heteroatoms. The first-order valence-electron chi connectivity index (χ1n) is 17.6. The molecule has 0 bridgehead atoms. The second kappa shape index (κ2) is 31.8. The number of aliphatic hydroxyl groups excluding tert-OH is 3. The summed E-state index contributed by atoms with van der Waals surface area (Å²) < 4.78 is 0. The first-order chi connectivity index (χ1) is 20.0. The standard InChI is InChI=1S/C36H69NO4/c1-3-5-7-9-11-13-15-16-17-18-19-20-22-24-26-28-30-35(40)34(32-38)37-36(41)31-33(39)29-27-25-23-21-14-12-10-8-6-4-2/h20,22,28,30,33-35,38-40H,3-19,21,23-27,29,31-32H2,1-2H3,(H,37,41)/b22-20+,30-28+. The molecule has 0 saturated carbocycles. The molecule has 3 atom stereocenters. The van der Waals surface area contributed by atoms with Gasteiger partial charge >= 0.3 is 0 Å². The molecule has 0 rings (SSSR count). The zero-order valence-electron chi connectivity index (χ0n) is 27.2. The summed E-state index contributed by atoms with van der Waals surface area (Å²) in [6.45, 7) is 4.16. The van der Waals surface area contributed by atoms with Crippen molar-refractivity contribution < 1.29 is 20.1 Å². The minimum atomic E-state index is -0.946. The maximum absolute atomic E-state index is 12.3. The number of hydrogen-bond acceptors (Lipinski definition) is 4. The van der Waals surface area contributed by atoms with Crippen molar-refractivity contribution in [3.8, 4) is 0 Å². The van der Waals surface area contributed by atoms with E-state index in [9.17, 15) is 20.1 Å². The van der Waals surface area contributed by atoms with E-state index in [0.29, 0.717) is 6.42 Å². The molecule has 0 heterocycles. The highest BCUT2D eigenvalue weighted by Gasteiger charge is 2.20. The van der Waals surface area contributed by atoms with Crippen LogP contribution in [0.2, 0.25) is 0 Å². The molecular weight excluding hydrogens is 510 g/mol. The average molecular weight is 580 g/mol. The third-order valence-electron chi connectivity index (χ3n) is 7.99. The third kappa shape index (κ3) is 28.7. The molecule has 4 N–H and O–H groups in total. The Bertz CT molecular complexity index is 606. The van der Waals surface area contributed by atoms with Crippen molar-refractivity contribution in [2.75, 3.05) is 6.61 Å². The maximum Gasteiger partial charge on any atom is 0.222 e. The van der Waals surface area contributed by atoms with Crippen LogP contribution in [0.4, 0.5) is 0 Å². The fourth-order valence-electron chi connectivity index (χ4n) is 5.24. The summed E-state index contributed by atoms with van der Waals surface area (Å²) in [5, 5.41) is 32.9. The molecule has 5 nitrogen and oxygen atoms in total. The molecule has 1 amide bonds. The van der Waals surface area contributed by atoms with Crippen LogP contribution < -0.4 is 5.32 Å².